The molecule has 1 aliphatic carbocycles. The monoisotopic (exact) mass is 321 g/mol. The first kappa shape index (κ1) is 17.1. The van der Waals surface area contributed by atoms with Gasteiger partial charge in [-0.25, -0.2) is 0 Å². The molecular weight excluding hydrogens is 298 g/mol. The number of ether oxygens (including phenoxy) is 2. The molecule has 1 amide bonds. The molecule has 23 heavy (non-hydrogen) atoms. The SMILES string of the molecule is CCOc1ccccc1OCC(=O)N(CC(C)C(=O)O)C1CC1. The van der Waals surface area contributed by atoms with Crippen molar-refractivity contribution < 1.29 is 24.2 Å². The molecule has 0 aromatic heterocycles. The molecular formula is C17H23NO5. The van der Waals surface area contributed by atoms with E-state index >= 15 is 0 Å². The molecule has 1 N–H and O–H groups in total. The number of para-hydroxylation sites is 2. The largest absolute Gasteiger partial charge is 0.490 e. The van der Waals surface area contributed by atoms with E-state index in [-0.39, 0.29) is 25.1 Å². The Balaban J connectivity index is 1.95. The van der Waals surface area contributed by atoms with E-state index in [2.05, 4.69) is 0 Å². The number of rotatable bonds is 9. The second kappa shape index (κ2) is 7.85. The number of hydrogen-bond donors (Lipinski definition) is 1. The zero-order valence-electron chi connectivity index (χ0n) is 13.5. The maximum atomic E-state index is 12.4. The van der Waals surface area contributed by atoms with Gasteiger partial charge in [-0.15, -0.1) is 0 Å². The van der Waals surface area contributed by atoms with Crippen molar-refractivity contribution in [1.29, 1.82) is 0 Å². The topological polar surface area (TPSA) is 76.1 Å². The third-order valence-corrected chi connectivity index (χ3v) is 3.70. The van der Waals surface area contributed by atoms with Crippen LogP contribution in [0.15, 0.2) is 24.3 Å². The van der Waals surface area contributed by atoms with Crippen molar-refractivity contribution in [3.05, 3.63) is 24.3 Å². The van der Waals surface area contributed by atoms with Gasteiger partial charge in [-0.1, -0.05) is 19.1 Å². The molecule has 0 spiro atoms. The van der Waals surface area contributed by atoms with E-state index in [1.165, 1.54) is 0 Å². The van der Waals surface area contributed by atoms with E-state index in [0.717, 1.165) is 12.8 Å². The minimum atomic E-state index is -0.897. The van der Waals surface area contributed by atoms with Crippen molar-refractivity contribution in [2.45, 2.75) is 32.7 Å². The third-order valence-electron chi connectivity index (χ3n) is 3.70. The normalized spacial score (nSPS) is 14.9. The minimum absolute atomic E-state index is 0.118. The fraction of sp³-hybridized carbons (Fsp3) is 0.529. The van der Waals surface area contributed by atoms with Gasteiger partial charge in [0.25, 0.3) is 5.91 Å². The number of carbonyl (C=O) groups is 2. The average Bonchev–Trinajstić information content (AvgIpc) is 3.36. The fourth-order valence-corrected chi connectivity index (χ4v) is 2.28. The Kier molecular flexibility index (Phi) is 5.84. The van der Waals surface area contributed by atoms with E-state index in [9.17, 15) is 9.59 Å². The molecule has 6 nitrogen and oxygen atoms in total. The van der Waals surface area contributed by atoms with E-state index in [0.29, 0.717) is 18.1 Å². The van der Waals surface area contributed by atoms with Gasteiger partial charge in [0.2, 0.25) is 0 Å². The summed E-state index contributed by atoms with van der Waals surface area (Å²) in [6.07, 6.45) is 1.85. The van der Waals surface area contributed by atoms with Gasteiger partial charge in [-0.2, -0.15) is 0 Å². The fourth-order valence-electron chi connectivity index (χ4n) is 2.28. The van der Waals surface area contributed by atoms with Crippen molar-refractivity contribution in [3.63, 3.8) is 0 Å². The van der Waals surface area contributed by atoms with Crippen LogP contribution in [0, 0.1) is 5.92 Å². The van der Waals surface area contributed by atoms with Gasteiger partial charge in [-0.05, 0) is 31.9 Å². The van der Waals surface area contributed by atoms with E-state index in [1.54, 1.807) is 24.0 Å². The highest BCUT2D eigenvalue weighted by Crippen LogP contribution is 2.29. The summed E-state index contributed by atoms with van der Waals surface area (Å²) in [5, 5.41) is 9.03. The summed E-state index contributed by atoms with van der Waals surface area (Å²) in [7, 11) is 0. The first-order valence-corrected chi connectivity index (χ1v) is 7.89. The van der Waals surface area contributed by atoms with Crippen LogP contribution >= 0.6 is 0 Å². The summed E-state index contributed by atoms with van der Waals surface area (Å²) < 4.78 is 11.0. The maximum absolute atomic E-state index is 12.4. The van der Waals surface area contributed by atoms with Gasteiger partial charge >= 0.3 is 5.97 Å². The molecule has 0 bridgehead atoms. The zero-order valence-corrected chi connectivity index (χ0v) is 13.5. The molecule has 1 aliphatic rings. The first-order chi connectivity index (χ1) is 11.0. The minimum Gasteiger partial charge on any atom is -0.490 e. The number of nitrogens with zero attached hydrogens (tertiary/aromatic N) is 1. The molecule has 0 radical (unpaired) electrons. The number of aliphatic carboxylic acids is 1. The molecule has 6 heteroatoms. The highest BCUT2D eigenvalue weighted by Gasteiger charge is 2.34. The van der Waals surface area contributed by atoms with Crippen molar-refractivity contribution >= 4 is 11.9 Å². The van der Waals surface area contributed by atoms with Gasteiger partial charge in [0.1, 0.15) is 0 Å². The Labute approximate surface area is 136 Å². The smallest absolute Gasteiger partial charge is 0.308 e. The predicted molar refractivity (Wildman–Crippen MR) is 84.6 cm³/mol. The molecule has 1 saturated carbocycles. The van der Waals surface area contributed by atoms with Crippen molar-refractivity contribution in [3.8, 4) is 11.5 Å². The summed E-state index contributed by atoms with van der Waals surface area (Å²) in [6.45, 7) is 4.10. The lowest BCUT2D eigenvalue weighted by atomic mass is 10.1. The van der Waals surface area contributed by atoms with Crippen LogP contribution in [0.5, 0.6) is 11.5 Å². The lowest BCUT2D eigenvalue weighted by Crippen LogP contribution is -2.41. The van der Waals surface area contributed by atoms with E-state index in [1.807, 2.05) is 19.1 Å². The summed E-state index contributed by atoms with van der Waals surface area (Å²) in [5.74, 6) is -0.558. The van der Waals surface area contributed by atoms with E-state index in [4.69, 9.17) is 14.6 Å². The van der Waals surface area contributed by atoms with Gasteiger partial charge in [-0.3, -0.25) is 9.59 Å². The number of benzene rings is 1. The lowest BCUT2D eigenvalue weighted by Gasteiger charge is -2.24. The molecule has 0 saturated heterocycles. The van der Waals surface area contributed by atoms with Crippen LogP contribution in [0.3, 0.4) is 0 Å². The summed E-state index contributed by atoms with van der Waals surface area (Å²) in [4.78, 5) is 25.0. The maximum Gasteiger partial charge on any atom is 0.308 e. The van der Waals surface area contributed by atoms with Crippen LogP contribution in [-0.2, 0) is 9.59 Å². The number of carboxylic acids is 1. The van der Waals surface area contributed by atoms with Gasteiger partial charge in [0.05, 0.1) is 12.5 Å². The molecule has 126 valence electrons. The second-order valence-electron chi connectivity index (χ2n) is 5.68. The molecule has 1 fully saturated rings. The molecule has 0 heterocycles. The summed E-state index contributed by atoms with van der Waals surface area (Å²) >= 11 is 0. The summed E-state index contributed by atoms with van der Waals surface area (Å²) in [5.41, 5.74) is 0. The Morgan fingerprint density at radius 3 is 2.39 bits per heavy atom. The number of carboxylic acid groups (broad SMARTS) is 1. The van der Waals surface area contributed by atoms with Gasteiger partial charge < -0.3 is 19.5 Å². The molecule has 2 rings (SSSR count). The molecule has 1 aromatic carbocycles. The molecule has 1 aromatic rings. The van der Waals surface area contributed by atoms with Crippen molar-refractivity contribution in [2.24, 2.45) is 5.92 Å². The van der Waals surface area contributed by atoms with Crippen LogP contribution in [0.4, 0.5) is 0 Å². The predicted octanol–water partition coefficient (Wildman–Crippen LogP) is 2.18. The quantitative estimate of drug-likeness (QED) is 0.754. The lowest BCUT2D eigenvalue weighted by molar-refractivity contribution is -0.143. The number of hydrogen-bond acceptors (Lipinski definition) is 4. The highest BCUT2D eigenvalue weighted by atomic mass is 16.5. The zero-order chi connectivity index (χ0) is 16.8. The van der Waals surface area contributed by atoms with Crippen molar-refractivity contribution in [2.75, 3.05) is 19.8 Å². The van der Waals surface area contributed by atoms with Crippen LogP contribution in [-0.4, -0.2) is 47.7 Å². The third kappa shape index (κ3) is 4.87. The van der Waals surface area contributed by atoms with Gasteiger partial charge in [0, 0.05) is 12.6 Å². The van der Waals surface area contributed by atoms with Crippen molar-refractivity contribution in [1.82, 2.24) is 4.90 Å². The average molecular weight is 321 g/mol. The summed E-state index contributed by atoms with van der Waals surface area (Å²) in [6, 6.07) is 7.33. The Morgan fingerprint density at radius 1 is 1.26 bits per heavy atom. The molecule has 1 atom stereocenters. The second-order valence-corrected chi connectivity index (χ2v) is 5.68. The standard InChI is InChI=1S/C17H23NO5/c1-3-22-14-6-4-5-7-15(14)23-11-16(19)18(13-8-9-13)10-12(2)17(20)21/h4-7,12-13H,3,8-11H2,1-2H3,(H,20,21). The van der Waals surface area contributed by atoms with Gasteiger partial charge in [0.15, 0.2) is 18.1 Å². The van der Waals surface area contributed by atoms with Crippen LogP contribution in [0.2, 0.25) is 0 Å². The Morgan fingerprint density at radius 2 is 1.87 bits per heavy atom. The first-order valence-electron chi connectivity index (χ1n) is 7.89. The molecule has 0 aliphatic heterocycles. The highest BCUT2D eigenvalue weighted by molar-refractivity contribution is 5.79. The number of amides is 1. The van der Waals surface area contributed by atoms with Crippen LogP contribution in [0.25, 0.3) is 0 Å². The van der Waals surface area contributed by atoms with E-state index < -0.39 is 11.9 Å². The van der Waals surface area contributed by atoms with Crippen LogP contribution in [0.1, 0.15) is 26.7 Å². The van der Waals surface area contributed by atoms with Crippen LogP contribution < -0.4 is 9.47 Å². The Hall–Kier alpha value is -2.24. The molecule has 1 unspecified atom stereocenters. The number of carbonyl (C=O) groups excluding carboxylic acids is 1. The Bertz CT molecular complexity index is 556.